The number of hydrogen-bond acceptors (Lipinski definition) is 5. The number of benzene rings is 2. The molecule has 0 saturated carbocycles. The number of anilines is 1. The van der Waals surface area contributed by atoms with E-state index in [1.807, 2.05) is 32.0 Å². The zero-order valence-electron chi connectivity index (χ0n) is 21.2. The quantitative estimate of drug-likeness (QED) is 0.329. The molecule has 0 bridgehead atoms. The minimum absolute atomic E-state index is 0. The fraction of sp³-hybridized carbons (Fsp3) is 0.240. The van der Waals surface area contributed by atoms with E-state index in [0.29, 0.717) is 11.3 Å². The summed E-state index contributed by atoms with van der Waals surface area (Å²) in [4.78, 5) is 36.3. The van der Waals surface area contributed by atoms with Crippen LogP contribution in [0.15, 0.2) is 47.3 Å². The topological polar surface area (TPSA) is 126 Å². The van der Waals surface area contributed by atoms with Crippen LogP contribution in [0.3, 0.4) is 0 Å². The van der Waals surface area contributed by atoms with E-state index in [2.05, 4.69) is 10.6 Å². The molecular formula is C25H24FN3Na2O5. The van der Waals surface area contributed by atoms with Gasteiger partial charge in [-0.2, -0.15) is 0 Å². The normalized spacial score (nSPS) is 11.0. The minimum Gasteiger partial charge on any atom is -0.871 e. The number of aryl methyl sites for hydroxylation is 3. The smallest absolute Gasteiger partial charge is 0.871 e. The first-order valence-corrected chi connectivity index (χ1v) is 10.5. The summed E-state index contributed by atoms with van der Waals surface area (Å²) in [5.41, 5.74) is 2.52. The van der Waals surface area contributed by atoms with E-state index in [9.17, 15) is 29.0 Å². The summed E-state index contributed by atoms with van der Waals surface area (Å²) >= 11 is 0. The first kappa shape index (κ1) is 31.9. The Balaban J connectivity index is 0.00000324. The molecule has 8 nitrogen and oxygen atoms in total. The third kappa shape index (κ3) is 7.44. The Labute approximate surface area is 252 Å². The van der Waals surface area contributed by atoms with Gasteiger partial charge in [-0.1, -0.05) is 23.9 Å². The van der Waals surface area contributed by atoms with Crippen molar-refractivity contribution < 1.29 is 83.3 Å². The summed E-state index contributed by atoms with van der Waals surface area (Å²) < 4.78 is 15.8. The van der Waals surface area contributed by atoms with E-state index in [4.69, 9.17) is 0 Å². The number of amides is 2. The van der Waals surface area contributed by atoms with E-state index < -0.39 is 47.3 Å². The Kier molecular flexibility index (Phi) is 11.9. The molecule has 1 aromatic heterocycles. The van der Waals surface area contributed by atoms with Crippen LogP contribution < -0.4 is 85.5 Å². The summed E-state index contributed by atoms with van der Waals surface area (Å²) in [5, 5.41) is 28.2. The van der Waals surface area contributed by atoms with Gasteiger partial charge < -0.3 is 30.2 Å². The predicted molar refractivity (Wildman–Crippen MR) is 122 cm³/mol. The van der Waals surface area contributed by atoms with Crippen LogP contribution in [0.5, 0.6) is 5.75 Å². The molecular weight excluding hydrogens is 487 g/mol. The molecule has 3 rings (SSSR count). The Hall–Kier alpha value is -2.14. The third-order valence-corrected chi connectivity index (χ3v) is 5.64. The van der Waals surface area contributed by atoms with Gasteiger partial charge in [-0.3, -0.25) is 4.79 Å². The number of hydrogen-bond donors (Lipinski definition) is 2. The summed E-state index contributed by atoms with van der Waals surface area (Å²) in [6.45, 7) is 5.32. The average molecular weight is 511 g/mol. The number of carboxylic acids is 1. The molecule has 11 heteroatoms. The Bertz CT molecular complexity index is 1320. The van der Waals surface area contributed by atoms with Crippen LogP contribution in [-0.2, 0) is 11.8 Å². The Morgan fingerprint density at radius 2 is 1.67 bits per heavy atom. The maximum Gasteiger partial charge on any atom is 1.00 e. The van der Waals surface area contributed by atoms with E-state index in [0.717, 1.165) is 22.8 Å². The number of aliphatic carboxylic acids is 1. The molecule has 0 unspecified atom stereocenters. The molecule has 1 heterocycles. The molecule has 0 fully saturated rings. The maximum atomic E-state index is 14.6. The predicted octanol–water partition coefficient (Wildman–Crippen LogP) is -3.80. The third-order valence-electron chi connectivity index (χ3n) is 5.64. The molecule has 0 aliphatic rings. The molecule has 0 radical (unpaired) electrons. The van der Waals surface area contributed by atoms with Gasteiger partial charge in [0.1, 0.15) is 11.5 Å². The second-order valence-corrected chi connectivity index (χ2v) is 8.16. The Morgan fingerprint density at radius 3 is 2.25 bits per heavy atom. The molecule has 1 atom stereocenters. The molecule has 2 aromatic carbocycles. The van der Waals surface area contributed by atoms with Crippen molar-refractivity contribution in [3.05, 3.63) is 81.0 Å². The first-order valence-electron chi connectivity index (χ1n) is 10.5. The van der Waals surface area contributed by atoms with Crippen molar-refractivity contribution in [1.29, 1.82) is 0 Å². The molecule has 36 heavy (non-hydrogen) atoms. The van der Waals surface area contributed by atoms with Crippen LogP contribution in [0.25, 0.3) is 11.1 Å². The average Bonchev–Trinajstić information content (AvgIpc) is 2.74. The van der Waals surface area contributed by atoms with Crippen LogP contribution in [0.4, 0.5) is 14.9 Å². The van der Waals surface area contributed by atoms with E-state index in [1.54, 1.807) is 13.0 Å². The molecule has 0 spiro atoms. The Morgan fingerprint density at radius 1 is 1.06 bits per heavy atom. The van der Waals surface area contributed by atoms with Gasteiger partial charge in [0, 0.05) is 25.1 Å². The van der Waals surface area contributed by atoms with Crippen molar-refractivity contribution >= 4 is 17.7 Å². The number of carboxylic acid groups (broad SMARTS) is 1. The number of carbonyl (C=O) groups excluding carboxylic acids is 2. The standard InChI is InChI=1S/C25H26FN3O5.2Na/c1-13-6-5-7-14(2)22(13)17-9-16(10-18(26)11-17)19(12-21(31)32)27-25(34)28-23-20(30)8-15(3)29(4)24(23)33;;/h5-11,19,30H,12H2,1-4H3,(H,31,32)(H2,27,28,34);;/q;2*+1/p-2/t19-;;/m0../s1. The molecule has 2 amide bonds. The second-order valence-electron chi connectivity index (χ2n) is 8.16. The van der Waals surface area contributed by atoms with Crippen LogP contribution >= 0.6 is 0 Å². The summed E-state index contributed by atoms with van der Waals surface area (Å²) in [6.07, 6.45) is -0.654. The minimum atomic E-state index is -1.47. The monoisotopic (exact) mass is 511 g/mol. The zero-order chi connectivity index (χ0) is 25.2. The number of nitrogens with zero attached hydrogens (tertiary/aromatic N) is 1. The van der Waals surface area contributed by atoms with Gasteiger partial charge in [0.15, 0.2) is 0 Å². The summed E-state index contributed by atoms with van der Waals surface area (Å²) in [7, 11) is 1.45. The van der Waals surface area contributed by atoms with Crippen molar-refractivity contribution in [1.82, 2.24) is 9.88 Å². The van der Waals surface area contributed by atoms with Gasteiger partial charge in [-0.25, -0.2) is 9.18 Å². The number of nitrogens with one attached hydrogen (secondary N) is 2. The zero-order valence-corrected chi connectivity index (χ0v) is 25.2. The van der Waals surface area contributed by atoms with Crippen molar-refractivity contribution in [2.45, 2.75) is 33.2 Å². The fourth-order valence-corrected chi connectivity index (χ4v) is 3.86. The largest absolute Gasteiger partial charge is 1.00 e. The van der Waals surface area contributed by atoms with Crippen molar-refractivity contribution in [3.8, 4) is 16.9 Å². The SMILES string of the molecule is Cc1cccc(C)c1-c1cc(F)cc([C@H](CC(=O)[O-])NC(=O)Nc2c([O-])cc(C)n(C)c2=O)c1.[Na+].[Na+]. The van der Waals surface area contributed by atoms with Crippen molar-refractivity contribution in [2.75, 3.05) is 5.32 Å². The number of halogens is 1. The molecule has 178 valence electrons. The molecule has 0 aliphatic carbocycles. The number of aromatic nitrogens is 1. The van der Waals surface area contributed by atoms with Gasteiger partial charge in [0.25, 0.3) is 5.56 Å². The van der Waals surface area contributed by atoms with Crippen molar-refractivity contribution in [3.63, 3.8) is 0 Å². The van der Waals surface area contributed by atoms with Crippen LogP contribution in [-0.4, -0.2) is 16.6 Å². The first-order chi connectivity index (χ1) is 16.0. The number of pyridine rings is 1. The van der Waals surface area contributed by atoms with Gasteiger partial charge in [-0.05, 0) is 72.9 Å². The summed E-state index contributed by atoms with van der Waals surface area (Å²) in [5.74, 6) is -2.77. The van der Waals surface area contributed by atoms with E-state index in [1.165, 1.54) is 23.7 Å². The molecule has 3 aromatic rings. The van der Waals surface area contributed by atoms with Gasteiger partial charge in [0.2, 0.25) is 0 Å². The van der Waals surface area contributed by atoms with Gasteiger partial charge in [0.05, 0.1) is 6.04 Å². The second kappa shape index (κ2) is 13.4. The fourth-order valence-electron chi connectivity index (χ4n) is 3.86. The number of carbonyl (C=O) groups is 2. The summed E-state index contributed by atoms with van der Waals surface area (Å²) in [6, 6.07) is 8.69. The van der Waals surface area contributed by atoms with Crippen molar-refractivity contribution in [2.24, 2.45) is 7.05 Å². The van der Waals surface area contributed by atoms with E-state index in [-0.39, 0.29) is 64.7 Å². The maximum absolute atomic E-state index is 14.6. The van der Waals surface area contributed by atoms with Gasteiger partial charge in [-0.15, -0.1) is 0 Å². The molecule has 0 saturated heterocycles. The van der Waals surface area contributed by atoms with Crippen LogP contribution in [0.2, 0.25) is 0 Å². The van der Waals surface area contributed by atoms with Gasteiger partial charge >= 0.3 is 65.1 Å². The molecule has 2 N–H and O–H groups in total. The van der Waals surface area contributed by atoms with Crippen LogP contribution in [0.1, 0.15) is 34.8 Å². The van der Waals surface area contributed by atoms with Crippen LogP contribution in [0, 0.1) is 26.6 Å². The number of rotatable bonds is 6. The molecule has 0 aliphatic heterocycles. The number of urea groups is 1. The van der Waals surface area contributed by atoms with E-state index >= 15 is 0 Å².